The first-order valence-corrected chi connectivity index (χ1v) is 12.6. The van der Waals surface area contributed by atoms with E-state index in [2.05, 4.69) is 134 Å². The van der Waals surface area contributed by atoms with E-state index in [1.165, 1.54) is 47.0 Å². The molecule has 158 valence electrons. The SMILES string of the molecule is BrN(Br)C1CCCCC1.[Pt]=[c]1n(Cc2ccccc2)ccn1Cc1ccccc1. The predicted octanol–water partition coefficient (Wildman–Crippen LogP) is 6.71. The number of hydrogen-bond acceptors (Lipinski definition) is 1. The van der Waals surface area contributed by atoms with Gasteiger partial charge in [-0.15, -0.1) is 0 Å². The van der Waals surface area contributed by atoms with Crippen molar-refractivity contribution >= 4 is 32.3 Å². The first kappa shape index (κ1) is 22.9. The van der Waals surface area contributed by atoms with E-state index < -0.39 is 0 Å². The molecular weight excluding hydrogens is 673 g/mol. The Balaban J connectivity index is 0.000000224. The molecule has 0 saturated heterocycles. The molecule has 29 heavy (non-hydrogen) atoms. The molecule has 0 aliphatic heterocycles. The average Bonchev–Trinajstić information content (AvgIpc) is 3.10. The second kappa shape index (κ2) is 12.2. The molecule has 1 aromatic heterocycles. The Morgan fingerprint density at radius 1 is 0.759 bits per heavy atom. The first-order chi connectivity index (χ1) is 14.1. The third-order valence-electron chi connectivity index (χ3n) is 5.11. The fraction of sp³-hybridized carbons (Fsp3) is 0.348. The second-order valence-corrected chi connectivity index (χ2v) is 10.8. The molecule has 0 unspecified atom stereocenters. The summed E-state index contributed by atoms with van der Waals surface area (Å²) >= 11 is 9.17. The summed E-state index contributed by atoms with van der Waals surface area (Å²) in [5.74, 6) is 0. The van der Waals surface area contributed by atoms with Gasteiger partial charge in [-0.2, -0.15) is 2.95 Å². The van der Waals surface area contributed by atoms with Crippen molar-refractivity contribution in [1.29, 1.82) is 0 Å². The molecule has 0 radical (unpaired) electrons. The van der Waals surface area contributed by atoms with Gasteiger partial charge in [0.1, 0.15) is 0 Å². The Morgan fingerprint density at radius 3 is 1.59 bits per heavy atom. The van der Waals surface area contributed by atoms with Crippen LogP contribution < -0.4 is 0 Å². The van der Waals surface area contributed by atoms with Gasteiger partial charge in [-0.1, -0.05) is 19.3 Å². The van der Waals surface area contributed by atoms with E-state index in [0.717, 1.165) is 19.1 Å². The van der Waals surface area contributed by atoms with Crippen molar-refractivity contribution in [2.24, 2.45) is 0 Å². The number of benzene rings is 2. The molecule has 0 bridgehead atoms. The van der Waals surface area contributed by atoms with Gasteiger partial charge in [0.2, 0.25) is 0 Å². The number of halogens is 2. The molecule has 0 spiro atoms. The van der Waals surface area contributed by atoms with Crippen molar-refractivity contribution in [3.8, 4) is 0 Å². The van der Waals surface area contributed by atoms with Gasteiger partial charge in [-0.3, -0.25) is 0 Å². The van der Waals surface area contributed by atoms with Gasteiger partial charge < -0.3 is 0 Å². The molecule has 6 heteroatoms. The molecule has 1 aliphatic rings. The van der Waals surface area contributed by atoms with Crippen LogP contribution in [0.3, 0.4) is 0 Å². The Hall–Kier alpha value is -0.742. The maximum atomic E-state index is 3.39. The van der Waals surface area contributed by atoms with Crippen LogP contribution in [0.25, 0.3) is 0 Å². The van der Waals surface area contributed by atoms with E-state index in [-0.39, 0.29) is 0 Å². The van der Waals surface area contributed by atoms with Gasteiger partial charge in [-0.05, 0) is 12.8 Å². The minimum atomic E-state index is 0.721. The van der Waals surface area contributed by atoms with Crippen LogP contribution in [-0.2, 0) is 32.4 Å². The average molecular weight is 700 g/mol. The Morgan fingerprint density at radius 2 is 1.21 bits per heavy atom. The summed E-state index contributed by atoms with van der Waals surface area (Å²) in [6, 6.07) is 21.8. The number of imidazole rings is 1. The van der Waals surface area contributed by atoms with Crippen LogP contribution in [-0.4, -0.2) is 18.1 Å². The molecule has 3 nitrogen and oxygen atoms in total. The normalized spacial score (nSPS) is 14.5. The van der Waals surface area contributed by atoms with Crippen molar-refractivity contribution in [3.63, 3.8) is 0 Å². The van der Waals surface area contributed by atoms with E-state index >= 15 is 0 Å². The van der Waals surface area contributed by atoms with Crippen molar-refractivity contribution in [3.05, 3.63) is 88.0 Å². The zero-order valence-electron chi connectivity index (χ0n) is 16.4. The molecule has 0 N–H and O–H groups in total. The number of aromatic nitrogens is 2. The van der Waals surface area contributed by atoms with Crippen LogP contribution in [0.15, 0.2) is 73.1 Å². The molecule has 1 fully saturated rings. The molecule has 1 aliphatic carbocycles. The topological polar surface area (TPSA) is 13.1 Å². The Bertz CT molecular complexity index is 839. The number of rotatable bonds is 5. The van der Waals surface area contributed by atoms with Gasteiger partial charge in [0.25, 0.3) is 0 Å². The zero-order chi connectivity index (χ0) is 20.5. The van der Waals surface area contributed by atoms with Crippen LogP contribution in [0.1, 0.15) is 43.2 Å². The molecule has 0 atom stereocenters. The molecule has 0 amide bonds. The summed E-state index contributed by atoms with van der Waals surface area (Å²) in [5.41, 5.74) is 2.65. The van der Waals surface area contributed by atoms with Crippen LogP contribution in [0.4, 0.5) is 0 Å². The maximum absolute atomic E-state index is 3.39. The van der Waals surface area contributed by atoms with E-state index in [0.29, 0.717) is 0 Å². The molecular formula is C23H27Br2N3Pt. The van der Waals surface area contributed by atoms with Gasteiger partial charge in [0.15, 0.2) is 0 Å². The summed E-state index contributed by atoms with van der Waals surface area (Å²) in [5, 5.41) is 0. The van der Waals surface area contributed by atoms with Crippen molar-refractivity contribution in [2.45, 2.75) is 51.2 Å². The standard InChI is InChI=1S/C17H16N2.C6H11Br2N.Pt/c1-3-7-16(8-4-1)13-18-11-12-19(15-18)14-17-9-5-2-6-10-17;7-9(8)6-4-2-1-3-5-6;/h1-12H,13-14H2;6H,1-5H2;. The van der Waals surface area contributed by atoms with Gasteiger partial charge in [0.05, 0.1) is 0 Å². The van der Waals surface area contributed by atoms with Crippen LogP contribution in [0.5, 0.6) is 0 Å². The van der Waals surface area contributed by atoms with Crippen molar-refractivity contribution in [2.75, 3.05) is 0 Å². The van der Waals surface area contributed by atoms with E-state index in [9.17, 15) is 0 Å². The molecule has 1 heterocycles. The third-order valence-corrected chi connectivity index (χ3v) is 7.57. The molecule has 3 aromatic rings. The molecule has 1 saturated carbocycles. The fourth-order valence-electron chi connectivity index (χ4n) is 3.50. The van der Waals surface area contributed by atoms with Gasteiger partial charge >= 0.3 is 130 Å². The first-order valence-electron chi connectivity index (χ1n) is 10.0. The summed E-state index contributed by atoms with van der Waals surface area (Å²) in [6.45, 7) is 1.84. The quantitative estimate of drug-likeness (QED) is 0.270. The fourth-order valence-corrected chi connectivity index (χ4v) is 5.02. The summed E-state index contributed by atoms with van der Waals surface area (Å²) in [6.07, 6.45) is 11.2. The third kappa shape index (κ3) is 7.47. The number of nitrogens with zero attached hydrogens (tertiary/aromatic N) is 3. The summed E-state index contributed by atoms with van der Waals surface area (Å²) < 4.78 is 7.79. The van der Waals surface area contributed by atoms with E-state index in [1.54, 1.807) is 0 Å². The van der Waals surface area contributed by atoms with Crippen LogP contribution in [0, 0.1) is 3.80 Å². The Kier molecular flexibility index (Phi) is 9.64. The van der Waals surface area contributed by atoms with Gasteiger partial charge in [0, 0.05) is 38.3 Å². The summed E-state index contributed by atoms with van der Waals surface area (Å²) in [7, 11) is 0. The van der Waals surface area contributed by atoms with Crippen molar-refractivity contribution in [1.82, 2.24) is 12.1 Å². The van der Waals surface area contributed by atoms with Gasteiger partial charge in [-0.25, -0.2) is 0 Å². The predicted molar refractivity (Wildman–Crippen MR) is 123 cm³/mol. The minimum absolute atomic E-state index is 0.721. The monoisotopic (exact) mass is 698 g/mol. The molecule has 2 aromatic carbocycles. The Labute approximate surface area is 201 Å². The van der Waals surface area contributed by atoms with E-state index in [4.69, 9.17) is 0 Å². The molecule has 4 rings (SSSR count). The van der Waals surface area contributed by atoms with Crippen molar-refractivity contribution < 1.29 is 19.4 Å². The van der Waals surface area contributed by atoms with E-state index in [1.807, 2.05) is 2.95 Å². The van der Waals surface area contributed by atoms with Crippen LogP contribution >= 0.6 is 32.3 Å². The van der Waals surface area contributed by atoms with Crippen LogP contribution in [0.2, 0.25) is 0 Å². The summed E-state index contributed by atoms with van der Waals surface area (Å²) in [4.78, 5) is 0. The number of hydrogen-bond donors (Lipinski definition) is 0. The second-order valence-electron chi connectivity index (χ2n) is 7.32. The zero-order valence-corrected chi connectivity index (χ0v) is 21.8.